The summed E-state index contributed by atoms with van der Waals surface area (Å²) in [4.78, 5) is 17.5. The maximum atomic E-state index is 11.4. The number of amidine groups is 1. The Labute approximate surface area is 119 Å². The molecule has 0 atom stereocenters. The Hall–Kier alpha value is -3.16. The number of benzene rings is 1. The van der Waals surface area contributed by atoms with E-state index in [2.05, 4.69) is 15.2 Å². The van der Waals surface area contributed by atoms with Crippen molar-refractivity contribution in [3.05, 3.63) is 52.7 Å². The Morgan fingerprint density at radius 1 is 1.38 bits per heavy atom. The number of nitrogens with zero attached hydrogens (tertiary/aromatic N) is 4. The molecule has 0 fully saturated rings. The van der Waals surface area contributed by atoms with Crippen molar-refractivity contribution in [2.75, 3.05) is 11.9 Å². The lowest BCUT2D eigenvalue weighted by molar-refractivity contribution is 0.986. The number of fused-ring (bicyclic) bond motifs is 1. The van der Waals surface area contributed by atoms with Gasteiger partial charge in [-0.1, -0.05) is 0 Å². The number of nitrogens with two attached hydrogens (primary N) is 1. The van der Waals surface area contributed by atoms with Gasteiger partial charge < -0.3 is 10.6 Å². The topological polar surface area (TPSA) is 116 Å². The number of aromatic amines is 1. The summed E-state index contributed by atoms with van der Waals surface area (Å²) in [6.45, 7) is 0. The van der Waals surface area contributed by atoms with Crippen LogP contribution in [-0.4, -0.2) is 32.5 Å². The molecule has 8 nitrogen and oxygen atoms in total. The van der Waals surface area contributed by atoms with Gasteiger partial charge in [0.05, 0.1) is 0 Å². The number of nitrogens with one attached hydrogen (secondary N) is 2. The van der Waals surface area contributed by atoms with Crippen LogP contribution in [0.2, 0.25) is 0 Å². The quantitative estimate of drug-likeness (QED) is 0.477. The van der Waals surface area contributed by atoms with Crippen molar-refractivity contribution < 1.29 is 0 Å². The Morgan fingerprint density at radius 2 is 2.10 bits per heavy atom. The Morgan fingerprint density at radius 3 is 2.76 bits per heavy atom. The van der Waals surface area contributed by atoms with Crippen molar-refractivity contribution in [3.8, 4) is 0 Å². The third-order valence-corrected chi connectivity index (χ3v) is 3.20. The minimum atomic E-state index is -0.322. The molecular formula is C13H13N7O. The molecule has 0 spiro atoms. The third-order valence-electron chi connectivity index (χ3n) is 3.20. The molecule has 1 aromatic carbocycles. The summed E-state index contributed by atoms with van der Waals surface area (Å²) in [7, 11) is 1.85. The van der Waals surface area contributed by atoms with Crippen molar-refractivity contribution in [1.82, 2.24) is 19.6 Å². The Balaban J connectivity index is 1.97. The number of hydrogen-bond donors (Lipinski definition) is 3. The molecule has 0 aliphatic rings. The van der Waals surface area contributed by atoms with Crippen LogP contribution in [-0.2, 0) is 0 Å². The summed E-state index contributed by atoms with van der Waals surface area (Å²) in [5, 5.41) is 13.6. The molecule has 8 heteroatoms. The molecule has 106 valence electrons. The number of rotatable bonds is 3. The number of nitrogen functional groups attached to an aromatic ring is 1. The van der Waals surface area contributed by atoms with Gasteiger partial charge in [0.15, 0.2) is 5.65 Å². The van der Waals surface area contributed by atoms with Crippen LogP contribution in [0.15, 0.2) is 41.5 Å². The first-order chi connectivity index (χ1) is 10.1. The zero-order valence-corrected chi connectivity index (χ0v) is 11.2. The molecule has 0 aliphatic carbocycles. The van der Waals surface area contributed by atoms with Crippen molar-refractivity contribution in [2.24, 2.45) is 5.73 Å². The van der Waals surface area contributed by atoms with Crippen LogP contribution in [0.3, 0.4) is 0 Å². The van der Waals surface area contributed by atoms with E-state index in [1.165, 1.54) is 10.7 Å². The van der Waals surface area contributed by atoms with Crippen LogP contribution >= 0.6 is 0 Å². The summed E-state index contributed by atoms with van der Waals surface area (Å²) < 4.78 is 1.33. The van der Waals surface area contributed by atoms with Gasteiger partial charge in [-0.05, 0) is 24.3 Å². The smallest absolute Gasteiger partial charge is 0.348 e. The highest BCUT2D eigenvalue weighted by atomic mass is 16.1. The highest BCUT2D eigenvalue weighted by Crippen LogP contribution is 2.22. The van der Waals surface area contributed by atoms with Gasteiger partial charge in [0.1, 0.15) is 18.0 Å². The third kappa shape index (κ3) is 2.22. The molecule has 2 heterocycles. The molecule has 0 aliphatic heterocycles. The molecule has 3 aromatic rings. The summed E-state index contributed by atoms with van der Waals surface area (Å²) in [5.41, 5.74) is 7.15. The number of H-pyrrole nitrogens is 1. The number of anilines is 2. The Bertz CT molecular complexity index is 862. The first-order valence-corrected chi connectivity index (χ1v) is 6.17. The van der Waals surface area contributed by atoms with Gasteiger partial charge in [0, 0.05) is 24.4 Å². The minimum Gasteiger partial charge on any atom is -0.384 e. The monoisotopic (exact) mass is 283 g/mol. The van der Waals surface area contributed by atoms with E-state index in [0.717, 1.165) is 5.69 Å². The molecule has 4 N–H and O–H groups in total. The second-order valence-electron chi connectivity index (χ2n) is 4.52. The molecule has 0 bridgehead atoms. The van der Waals surface area contributed by atoms with Crippen molar-refractivity contribution in [2.45, 2.75) is 0 Å². The van der Waals surface area contributed by atoms with E-state index in [4.69, 9.17) is 11.1 Å². The van der Waals surface area contributed by atoms with E-state index in [1.54, 1.807) is 18.2 Å². The Kier molecular flexibility index (Phi) is 2.90. The summed E-state index contributed by atoms with van der Waals surface area (Å²) in [5.74, 6) is 0.678. The minimum absolute atomic E-state index is 0.0274. The van der Waals surface area contributed by atoms with Crippen LogP contribution in [0.1, 0.15) is 5.56 Å². The van der Waals surface area contributed by atoms with Gasteiger partial charge in [-0.3, -0.25) is 5.41 Å². The zero-order chi connectivity index (χ0) is 15.0. The first-order valence-electron chi connectivity index (χ1n) is 6.17. The highest BCUT2D eigenvalue weighted by molar-refractivity contribution is 5.95. The number of aromatic nitrogens is 4. The van der Waals surface area contributed by atoms with Gasteiger partial charge in [0.25, 0.3) is 0 Å². The van der Waals surface area contributed by atoms with Crippen molar-refractivity contribution in [3.63, 3.8) is 0 Å². The van der Waals surface area contributed by atoms with Gasteiger partial charge >= 0.3 is 5.69 Å². The molecule has 21 heavy (non-hydrogen) atoms. The average molecular weight is 283 g/mol. The molecular weight excluding hydrogens is 270 g/mol. The van der Waals surface area contributed by atoms with E-state index >= 15 is 0 Å². The normalized spacial score (nSPS) is 10.7. The second kappa shape index (κ2) is 4.75. The largest absolute Gasteiger partial charge is 0.384 e. The van der Waals surface area contributed by atoms with Gasteiger partial charge in [-0.25, -0.2) is 19.3 Å². The molecule has 2 aromatic heterocycles. The molecule has 0 saturated carbocycles. The summed E-state index contributed by atoms with van der Waals surface area (Å²) >= 11 is 0. The fourth-order valence-corrected chi connectivity index (χ4v) is 1.98. The maximum absolute atomic E-state index is 11.4. The molecule has 0 radical (unpaired) electrons. The SMILES string of the molecule is CN(c1ccc(C(=N)N)cc1)c1cc2n[nH]c(=O)n2cn1. The molecule has 0 saturated heterocycles. The molecule has 0 amide bonds. The van der Waals surface area contributed by atoms with Crippen LogP contribution in [0.25, 0.3) is 5.65 Å². The number of hydrogen-bond acceptors (Lipinski definition) is 5. The van der Waals surface area contributed by atoms with Crippen LogP contribution < -0.4 is 16.3 Å². The fraction of sp³-hybridized carbons (Fsp3) is 0.0769. The van der Waals surface area contributed by atoms with Crippen LogP contribution in [0, 0.1) is 5.41 Å². The average Bonchev–Trinajstić information content (AvgIpc) is 2.87. The van der Waals surface area contributed by atoms with E-state index in [0.29, 0.717) is 17.0 Å². The highest BCUT2D eigenvalue weighted by Gasteiger charge is 2.09. The van der Waals surface area contributed by atoms with Crippen molar-refractivity contribution in [1.29, 1.82) is 5.41 Å². The van der Waals surface area contributed by atoms with Gasteiger partial charge in [-0.2, -0.15) is 5.10 Å². The van der Waals surface area contributed by atoms with E-state index in [9.17, 15) is 4.79 Å². The lowest BCUT2D eigenvalue weighted by atomic mass is 10.2. The summed E-state index contributed by atoms with van der Waals surface area (Å²) in [6, 6.07) is 8.94. The van der Waals surface area contributed by atoms with Gasteiger partial charge in [-0.15, -0.1) is 0 Å². The predicted octanol–water partition coefficient (Wildman–Crippen LogP) is 0.470. The zero-order valence-electron chi connectivity index (χ0n) is 11.2. The van der Waals surface area contributed by atoms with Crippen molar-refractivity contribution >= 4 is 23.0 Å². The van der Waals surface area contributed by atoms with Crippen LogP contribution in [0.5, 0.6) is 0 Å². The lowest BCUT2D eigenvalue weighted by Gasteiger charge is -2.18. The van der Waals surface area contributed by atoms with Crippen LogP contribution in [0.4, 0.5) is 11.5 Å². The lowest BCUT2D eigenvalue weighted by Crippen LogP contribution is -2.15. The van der Waals surface area contributed by atoms with E-state index in [1.807, 2.05) is 24.1 Å². The first kappa shape index (κ1) is 12.9. The van der Waals surface area contributed by atoms with E-state index in [-0.39, 0.29) is 11.5 Å². The van der Waals surface area contributed by atoms with E-state index < -0.39 is 0 Å². The van der Waals surface area contributed by atoms with Gasteiger partial charge in [0.2, 0.25) is 0 Å². The standard InChI is InChI=1S/C13H13N7O/c1-19(9-4-2-8(3-5-9)12(14)15)10-6-11-17-18-13(21)20(11)7-16-10/h2-7H,1H3,(H3,14,15)(H,18,21). The predicted molar refractivity (Wildman–Crippen MR) is 79.1 cm³/mol. The maximum Gasteiger partial charge on any atom is 0.348 e. The molecule has 3 rings (SSSR count). The second-order valence-corrected chi connectivity index (χ2v) is 4.52. The fourth-order valence-electron chi connectivity index (χ4n) is 1.98. The summed E-state index contributed by atoms with van der Waals surface area (Å²) in [6.07, 6.45) is 1.43. The molecule has 0 unspecified atom stereocenters.